The van der Waals surface area contributed by atoms with E-state index < -0.39 is 15.9 Å². The van der Waals surface area contributed by atoms with Crippen molar-refractivity contribution in [1.82, 2.24) is 9.55 Å². The lowest BCUT2D eigenvalue weighted by atomic mass is 10.1. The van der Waals surface area contributed by atoms with E-state index >= 15 is 0 Å². The number of amides is 2. The first kappa shape index (κ1) is 22.8. The van der Waals surface area contributed by atoms with Crippen molar-refractivity contribution in [3.05, 3.63) is 48.0 Å². The first-order chi connectivity index (χ1) is 14.7. The number of imidazole rings is 1. The SMILES string of the molecule is CCCCn1c(SCC(=O)Nc2ccccc2C(N)=O)nc2cc(S(N)(=O)=O)ccc21. The molecule has 1 heterocycles. The molecule has 11 heteroatoms. The zero-order chi connectivity index (χ0) is 22.6. The van der Waals surface area contributed by atoms with Crippen LogP contribution in [0.2, 0.25) is 0 Å². The Labute approximate surface area is 184 Å². The van der Waals surface area contributed by atoms with Crippen molar-refractivity contribution in [2.24, 2.45) is 10.9 Å². The number of carbonyl (C=O) groups is 2. The van der Waals surface area contributed by atoms with E-state index in [9.17, 15) is 18.0 Å². The smallest absolute Gasteiger partial charge is 0.250 e. The van der Waals surface area contributed by atoms with Crippen molar-refractivity contribution in [2.45, 2.75) is 36.4 Å². The quantitative estimate of drug-likeness (QED) is 0.416. The Kier molecular flexibility index (Phi) is 6.98. The topological polar surface area (TPSA) is 150 Å². The Morgan fingerprint density at radius 2 is 1.94 bits per heavy atom. The molecule has 5 N–H and O–H groups in total. The van der Waals surface area contributed by atoms with E-state index in [0.29, 0.717) is 22.9 Å². The fourth-order valence-electron chi connectivity index (χ4n) is 3.03. The Morgan fingerprint density at radius 3 is 2.61 bits per heavy atom. The molecule has 2 aromatic carbocycles. The molecule has 2 amide bonds. The van der Waals surface area contributed by atoms with Gasteiger partial charge in [0.05, 0.1) is 32.9 Å². The molecule has 1 aromatic heterocycles. The molecule has 0 spiro atoms. The van der Waals surface area contributed by atoms with Gasteiger partial charge in [0.15, 0.2) is 5.16 Å². The van der Waals surface area contributed by atoms with Gasteiger partial charge < -0.3 is 15.6 Å². The van der Waals surface area contributed by atoms with Gasteiger partial charge in [-0.05, 0) is 36.8 Å². The lowest BCUT2D eigenvalue weighted by molar-refractivity contribution is -0.113. The zero-order valence-corrected chi connectivity index (χ0v) is 18.5. The average molecular weight is 462 g/mol. The highest BCUT2D eigenvalue weighted by molar-refractivity contribution is 7.99. The lowest BCUT2D eigenvalue weighted by Crippen LogP contribution is -2.19. The number of anilines is 1. The monoisotopic (exact) mass is 461 g/mol. The molecular weight excluding hydrogens is 438 g/mol. The van der Waals surface area contributed by atoms with Crippen LogP contribution in [0.4, 0.5) is 5.69 Å². The maximum Gasteiger partial charge on any atom is 0.250 e. The number of nitrogens with zero attached hydrogens (tertiary/aromatic N) is 2. The van der Waals surface area contributed by atoms with E-state index in [1.807, 2.05) is 4.57 Å². The number of aromatic nitrogens is 2. The van der Waals surface area contributed by atoms with Crippen molar-refractivity contribution in [1.29, 1.82) is 0 Å². The van der Waals surface area contributed by atoms with Crippen molar-refractivity contribution < 1.29 is 18.0 Å². The molecule has 0 bridgehead atoms. The summed E-state index contributed by atoms with van der Waals surface area (Å²) >= 11 is 1.22. The first-order valence-electron chi connectivity index (χ1n) is 9.55. The molecular formula is C20H23N5O4S2. The maximum absolute atomic E-state index is 12.5. The van der Waals surface area contributed by atoms with Crippen LogP contribution in [0.3, 0.4) is 0 Å². The van der Waals surface area contributed by atoms with Gasteiger partial charge in [0.25, 0.3) is 5.91 Å². The third kappa shape index (κ3) is 5.43. The molecule has 0 aliphatic heterocycles. The van der Waals surface area contributed by atoms with Crippen LogP contribution in [-0.4, -0.2) is 35.5 Å². The van der Waals surface area contributed by atoms with E-state index in [1.54, 1.807) is 30.3 Å². The Hall–Kier alpha value is -2.89. The minimum atomic E-state index is -3.84. The molecule has 0 atom stereocenters. The molecule has 31 heavy (non-hydrogen) atoms. The highest BCUT2D eigenvalue weighted by atomic mass is 32.2. The third-order valence-corrected chi connectivity index (χ3v) is 6.43. The second-order valence-corrected chi connectivity index (χ2v) is 9.35. The number of unbranched alkanes of at least 4 members (excludes halogenated alkanes) is 1. The third-order valence-electron chi connectivity index (χ3n) is 4.55. The molecule has 3 aromatic rings. The number of hydrogen-bond donors (Lipinski definition) is 3. The molecule has 3 rings (SSSR count). The number of fused-ring (bicyclic) bond motifs is 1. The number of hydrogen-bond acceptors (Lipinski definition) is 6. The maximum atomic E-state index is 12.5. The van der Waals surface area contributed by atoms with Crippen molar-refractivity contribution in [3.8, 4) is 0 Å². The Bertz CT molecular complexity index is 1240. The van der Waals surface area contributed by atoms with Crippen LogP contribution in [0.15, 0.2) is 52.5 Å². The number of benzene rings is 2. The van der Waals surface area contributed by atoms with Gasteiger partial charge in [0, 0.05) is 6.54 Å². The molecule has 0 fully saturated rings. The lowest BCUT2D eigenvalue weighted by Gasteiger charge is -2.10. The second kappa shape index (κ2) is 9.50. The van der Waals surface area contributed by atoms with Gasteiger partial charge >= 0.3 is 0 Å². The zero-order valence-electron chi connectivity index (χ0n) is 16.9. The van der Waals surface area contributed by atoms with Crippen LogP contribution in [0.5, 0.6) is 0 Å². The fourth-order valence-corrected chi connectivity index (χ4v) is 4.40. The summed E-state index contributed by atoms with van der Waals surface area (Å²) in [6.45, 7) is 2.74. The normalized spacial score (nSPS) is 11.5. The molecule has 9 nitrogen and oxygen atoms in total. The van der Waals surface area contributed by atoms with Gasteiger partial charge in [-0.2, -0.15) is 0 Å². The summed E-state index contributed by atoms with van der Waals surface area (Å²) in [6, 6.07) is 11.1. The number of primary amides is 1. The largest absolute Gasteiger partial charge is 0.366 e. The van der Waals surface area contributed by atoms with Crippen molar-refractivity contribution in [3.63, 3.8) is 0 Å². The summed E-state index contributed by atoms with van der Waals surface area (Å²) in [5, 5.41) is 8.51. The number of para-hydroxylation sites is 1. The number of thioether (sulfide) groups is 1. The van der Waals surface area contributed by atoms with Crippen LogP contribution in [0.25, 0.3) is 11.0 Å². The minimum Gasteiger partial charge on any atom is -0.366 e. The van der Waals surface area contributed by atoms with Gasteiger partial charge in [-0.15, -0.1) is 0 Å². The highest BCUT2D eigenvalue weighted by Crippen LogP contribution is 2.27. The van der Waals surface area contributed by atoms with Crippen LogP contribution < -0.4 is 16.2 Å². The summed E-state index contributed by atoms with van der Waals surface area (Å²) in [7, 11) is -3.84. The van der Waals surface area contributed by atoms with Crippen molar-refractivity contribution in [2.75, 3.05) is 11.1 Å². The highest BCUT2D eigenvalue weighted by Gasteiger charge is 2.17. The molecule has 0 radical (unpaired) electrons. The van der Waals surface area contributed by atoms with Gasteiger partial charge in [-0.25, -0.2) is 18.5 Å². The number of nitrogens with two attached hydrogens (primary N) is 2. The Morgan fingerprint density at radius 1 is 1.19 bits per heavy atom. The van der Waals surface area contributed by atoms with E-state index in [1.165, 1.54) is 23.9 Å². The van der Waals surface area contributed by atoms with Gasteiger partial charge in [0.2, 0.25) is 15.9 Å². The first-order valence-corrected chi connectivity index (χ1v) is 12.1. The van der Waals surface area contributed by atoms with Gasteiger partial charge in [-0.1, -0.05) is 37.2 Å². The van der Waals surface area contributed by atoms with Crippen LogP contribution in [0, 0.1) is 0 Å². The Balaban J connectivity index is 1.83. The molecule has 0 unspecified atom stereocenters. The minimum absolute atomic E-state index is 0.0162. The van der Waals surface area contributed by atoms with Crippen LogP contribution >= 0.6 is 11.8 Å². The second-order valence-electron chi connectivity index (χ2n) is 6.84. The fraction of sp³-hybridized carbons (Fsp3) is 0.250. The van der Waals surface area contributed by atoms with Gasteiger partial charge in [0.1, 0.15) is 0 Å². The number of primary sulfonamides is 1. The summed E-state index contributed by atoms with van der Waals surface area (Å²) in [5.74, 6) is -0.904. The van der Waals surface area contributed by atoms with Crippen LogP contribution in [0.1, 0.15) is 30.1 Å². The number of nitrogens with one attached hydrogen (secondary N) is 1. The van der Waals surface area contributed by atoms with Crippen molar-refractivity contribution >= 4 is 50.3 Å². The summed E-state index contributed by atoms with van der Waals surface area (Å²) in [6.07, 6.45) is 1.86. The number of sulfonamides is 1. The molecule has 0 aliphatic carbocycles. The molecule has 0 aliphatic rings. The van der Waals surface area contributed by atoms with Gasteiger partial charge in [-0.3, -0.25) is 9.59 Å². The molecule has 164 valence electrons. The number of aryl methyl sites for hydroxylation is 1. The standard InChI is InChI=1S/C20H23N5O4S2/c1-2-3-10-25-17-9-8-13(31(22,28)29)11-16(17)24-20(25)30-12-18(26)23-15-7-5-4-6-14(15)19(21)27/h4-9,11H,2-3,10,12H2,1H3,(H2,21,27)(H,23,26)(H2,22,28,29). The summed E-state index contributed by atoms with van der Waals surface area (Å²) < 4.78 is 25.3. The number of carbonyl (C=O) groups excluding carboxylic acids is 2. The summed E-state index contributed by atoms with van der Waals surface area (Å²) in [5.41, 5.74) is 7.18. The number of rotatable bonds is 9. The van der Waals surface area contributed by atoms with E-state index in [4.69, 9.17) is 10.9 Å². The predicted molar refractivity (Wildman–Crippen MR) is 120 cm³/mol. The predicted octanol–water partition coefficient (Wildman–Crippen LogP) is 2.31. The van der Waals surface area contributed by atoms with E-state index in [-0.39, 0.29) is 22.1 Å². The average Bonchev–Trinajstić information content (AvgIpc) is 3.07. The van der Waals surface area contributed by atoms with E-state index in [2.05, 4.69) is 17.2 Å². The summed E-state index contributed by atoms with van der Waals surface area (Å²) in [4.78, 5) is 28.5. The molecule has 0 saturated carbocycles. The van der Waals surface area contributed by atoms with E-state index in [0.717, 1.165) is 18.4 Å². The molecule has 0 saturated heterocycles. The van der Waals surface area contributed by atoms with Crippen LogP contribution in [-0.2, 0) is 21.4 Å².